The smallest absolute Gasteiger partial charge is 0.289 e. The summed E-state index contributed by atoms with van der Waals surface area (Å²) in [5, 5.41) is 12.4. The molecule has 1 amide bonds. The lowest BCUT2D eigenvalue weighted by molar-refractivity contribution is -0.139. The molecule has 0 spiro atoms. The van der Waals surface area contributed by atoms with Gasteiger partial charge in [0.1, 0.15) is 0 Å². The molecule has 0 aromatic heterocycles. The third-order valence-electron chi connectivity index (χ3n) is 7.55. The Balaban J connectivity index is 0.000000679. The second kappa shape index (κ2) is 20.3. The van der Waals surface area contributed by atoms with Gasteiger partial charge in [-0.3, -0.25) is 28.8 Å². The van der Waals surface area contributed by atoms with Crippen molar-refractivity contribution in [1.29, 1.82) is 0 Å². The van der Waals surface area contributed by atoms with Crippen molar-refractivity contribution in [3.63, 3.8) is 0 Å². The van der Waals surface area contributed by atoms with E-state index < -0.39 is 5.91 Å². The van der Waals surface area contributed by atoms with Crippen LogP contribution in [0.15, 0.2) is 0 Å². The minimum atomic E-state index is -0.428. The van der Waals surface area contributed by atoms with Crippen LogP contribution >= 0.6 is 0 Å². The predicted octanol–water partition coefficient (Wildman–Crippen LogP) is 5.18. The first-order valence-corrected chi connectivity index (χ1v) is 17.7. The average molecular weight is 665 g/mol. The number of amides is 1. The fraction of sp³-hybridized carbons (Fsp3) is 0.838. The molecule has 0 aliphatic heterocycles. The Hall–Kier alpha value is -2.30. The minimum Gasteiger partial charge on any atom is -0.347 e. The molecule has 0 aromatic carbocycles. The SMILES string of the molecule is CC(=O)C(=O)C(CC1CCC1)NC(C)(C)C.CCCC(NC(C)(C)C)C(=O)C(=O)NC1CC1.CCCC(NC(C)(C)C)C(=O)C(C)=O. The van der Waals surface area contributed by atoms with Gasteiger partial charge in [-0.25, -0.2) is 0 Å². The molecule has 2 rings (SSSR count). The van der Waals surface area contributed by atoms with E-state index in [1.54, 1.807) is 0 Å². The highest BCUT2D eigenvalue weighted by Gasteiger charge is 2.33. The zero-order valence-electron chi connectivity index (χ0n) is 31.9. The summed E-state index contributed by atoms with van der Waals surface area (Å²) in [4.78, 5) is 69.1. The molecule has 4 N–H and O–H groups in total. The van der Waals surface area contributed by atoms with Gasteiger partial charge >= 0.3 is 0 Å². The van der Waals surface area contributed by atoms with Gasteiger partial charge < -0.3 is 21.3 Å². The summed E-state index contributed by atoms with van der Waals surface area (Å²) in [6.45, 7) is 24.8. The molecular weight excluding hydrogens is 596 g/mol. The molecule has 10 nitrogen and oxygen atoms in total. The molecule has 0 saturated heterocycles. The topological polar surface area (TPSA) is 151 Å². The molecule has 2 aliphatic carbocycles. The number of carbonyl (C=O) groups is 6. The number of hydrogen-bond donors (Lipinski definition) is 4. The second-order valence-corrected chi connectivity index (χ2v) is 16.4. The highest BCUT2D eigenvalue weighted by molar-refractivity contribution is 6.39. The van der Waals surface area contributed by atoms with Crippen LogP contribution in [-0.2, 0) is 28.8 Å². The van der Waals surface area contributed by atoms with Gasteiger partial charge in [-0.05, 0) is 100 Å². The van der Waals surface area contributed by atoms with Gasteiger partial charge in [0.2, 0.25) is 17.3 Å². The van der Waals surface area contributed by atoms with Crippen molar-refractivity contribution in [3.8, 4) is 0 Å². The first-order chi connectivity index (χ1) is 21.4. The molecule has 0 heterocycles. The Morgan fingerprint density at radius 2 is 0.936 bits per heavy atom. The van der Waals surface area contributed by atoms with E-state index in [1.165, 1.54) is 33.1 Å². The summed E-state index contributed by atoms with van der Waals surface area (Å²) < 4.78 is 0. The molecule has 0 aromatic rings. The largest absolute Gasteiger partial charge is 0.347 e. The number of nitrogens with one attached hydrogen (secondary N) is 4. The Morgan fingerprint density at radius 3 is 1.23 bits per heavy atom. The van der Waals surface area contributed by atoms with Gasteiger partial charge in [0.25, 0.3) is 5.91 Å². The Bertz CT molecular complexity index is 1040. The van der Waals surface area contributed by atoms with Crippen LogP contribution in [0, 0.1) is 5.92 Å². The van der Waals surface area contributed by atoms with Gasteiger partial charge in [0.15, 0.2) is 11.6 Å². The molecule has 47 heavy (non-hydrogen) atoms. The first-order valence-electron chi connectivity index (χ1n) is 17.7. The lowest BCUT2D eigenvalue weighted by Crippen LogP contribution is -2.52. The maximum atomic E-state index is 12.0. The van der Waals surface area contributed by atoms with Crippen LogP contribution < -0.4 is 21.3 Å². The van der Waals surface area contributed by atoms with Crippen molar-refractivity contribution in [2.45, 2.75) is 195 Å². The van der Waals surface area contributed by atoms with E-state index in [4.69, 9.17) is 0 Å². The molecule has 0 bridgehead atoms. The fourth-order valence-corrected chi connectivity index (χ4v) is 5.11. The molecule has 3 atom stereocenters. The monoisotopic (exact) mass is 665 g/mol. The van der Waals surface area contributed by atoms with Crippen molar-refractivity contribution < 1.29 is 28.8 Å². The van der Waals surface area contributed by atoms with E-state index in [0.717, 1.165) is 38.5 Å². The van der Waals surface area contributed by atoms with Crippen LogP contribution in [0.4, 0.5) is 0 Å². The lowest BCUT2D eigenvalue weighted by atomic mass is 9.79. The maximum Gasteiger partial charge on any atom is 0.289 e. The van der Waals surface area contributed by atoms with Crippen molar-refractivity contribution in [1.82, 2.24) is 21.3 Å². The molecule has 2 fully saturated rings. The van der Waals surface area contributed by atoms with Gasteiger partial charge in [0.05, 0.1) is 18.1 Å². The van der Waals surface area contributed by atoms with E-state index in [9.17, 15) is 28.8 Å². The second-order valence-electron chi connectivity index (χ2n) is 16.4. The van der Waals surface area contributed by atoms with Crippen LogP contribution in [0.25, 0.3) is 0 Å². The van der Waals surface area contributed by atoms with Gasteiger partial charge in [0, 0.05) is 36.5 Å². The Labute approximate surface area is 285 Å². The fourth-order valence-electron chi connectivity index (χ4n) is 5.11. The number of carbonyl (C=O) groups excluding carboxylic acids is 6. The highest BCUT2D eigenvalue weighted by atomic mass is 16.2. The van der Waals surface area contributed by atoms with Gasteiger partial charge in [-0.15, -0.1) is 0 Å². The van der Waals surface area contributed by atoms with Gasteiger partial charge in [-0.1, -0.05) is 46.0 Å². The number of hydrogen-bond acceptors (Lipinski definition) is 9. The molecule has 3 unspecified atom stereocenters. The molecule has 10 heteroatoms. The Morgan fingerprint density at radius 1 is 0.574 bits per heavy atom. The summed E-state index contributed by atoms with van der Waals surface area (Å²) in [7, 11) is 0. The van der Waals surface area contributed by atoms with E-state index >= 15 is 0 Å². The van der Waals surface area contributed by atoms with E-state index in [2.05, 4.69) is 21.3 Å². The molecule has 2 saturated carbocycles. The number of rotatable bonds is 16. The number of Topliss-reactive ketones (excluding diaryl/α,β-unsaturated/α-hetero) is 5. The van der Waals surface area contributed by atoms with Crippen LogP contribution in [0.3, 0.4) is 0 Å². The van der Waals surface area contributed by atoms with Crippen LogP contribution in [0.1, 0.15) is 154 Å². The van der Waals surface area contributed by atoms with Crippen molar-refractivity contribution >= 4 is 34.8 Å². The average Bonchev–Trinajstić information content (AvgIpc) is 3.70. The summed E-state index contributed by atoms with van der Waals surface area (Å²) in [5.41, 5.74) is -0.417. The molecule has 0 radical (unpaired) electrons. The summed E-state index contributed by atoms with van der Waals surface area (Å²) in [6, 6.07) is -0.734. The van der Waals surface area contributed by atoms with E-state index in [-0.39, 0.29) is 69.7 Å². The van der Waals surface area contributed by atoms with E-state index in [1.807, 2.05) is 76.2 Å². The maximum absolute atomic E-state index is 12.0. The normalized spacial score (nSPS) is 17.0. The zero-order valence-corrected chi connectivity index (χ0v) is 31.9. The summed E-state index contributed by atoms with van der Waals surface area (Å²) in [6.07, 6.45) is 9.69. The molecule has 272 valence electrons. The first kappa shape index (κ1) is 44.7. The predicted molar refractivity (Wildman–Crippen MR) is 189 cm³/mol. The Kier molecular flexibility index (Phi) is 19.3. The molecule has 2 aliphatic rings. The van der Waals surface area contributed by atoms with Crippen molar-refractivity contribution in [2.24, 2.45) is 5.92 Å². The van der Waals surface area contributed by atoms with Crippen molar-refractivity contribution in [2.75, 3.05) is 0 Å². The summed E-state index contributed by atoms with van der Waals surface area (Å²) >= 11 is 0. The van der Waals surface area contributed by atoms with Crippen LogP contribution in [0.2, 0.25) is 0 Å². The van der Waals surface area contributed by atoms with Crippen LogP contribution in [0.5, 0.6) is 0 Å². The minimum absolute atomic E-state index is 0.125. The highest BCUT2D eigenvalue weighted by Crippen LogP contribution is 2.31. The van der Waals surface area contributed by atoms with Crippen molar-refractivity contribution in [3.05, 3.63) is 0 Å². The zero-order chi connectivity index (χ0) is 36.8. The van der Waals surface area contributed by atoms with Crippen LogP contribution in [-0.4, -0.2) is 75.6 Å². The quantitative estimate of drug-likeness (QED) is 0.164. The summed E-state index contributed by atoms with van der Waals surface area (Å²) in [5.74, 6) is -1.38. The number of ketones is 5. The van der Waals surface area contributed by atoms with E-state index in [0.29, 0.717) is 12.3 Å². The standard InChI is InChI=1S/C13H24N2O2.C13H23NO2.C11H21NO2/c1-5-6-10(15-13(2,3)4)11(16)12(17)14-9-7-8-9;1-9(15)12(16)11(14-13(2,3)4)8-10-6-5-7-10;1-6-7-9(10(14)8(2)13)12-11(3,4)5/h9-10,15H,5-8H2,1-4H3,(H,14,17);10-11,14H,5-8H2,1-4H3;9,12H,6-7H2,1-5H3. The molecular formula is C37H68N4O6. The third kappa shape index (κ3) is 21.3. The lowest BCUT2D eigenvalue weighted by Gasteiger charge is -2.33. The van der Waals surface area contributed by atoms with Gasteiger partial charge in [-0.2, -0.15) is 0 Å². The third-order valence-corrected chi connectivity index (χ3v) is 7.55.